The molecule has 0 aliphatic rings. The zero-order valence-electron chi connectivity index (χ0n) is 12.4. The van der Waals surface area contributed by atoms with Crippen molar-refractivity contribution >= 4 is 17.4 Å². The van der Waals surface area contributed by atoms with Gasteiger partial charge in [0.05, 0.1) is 19.3 Å². The Balaban J connectivity index is 1.75. The predicted octanol–water partition coefficient (Wildman–Crippen LogP) is 2.54. The molecule has 2 aromatic heterocycles. The van der Waals surface area contributed by atoms with Gasteiger partial charge in [-0.3, -0.25) is 9.78 Å². The Bertz CT molecular complexity index is 787. The van der Waals surface area contributed by atoms with E-state index in [0.717, 1.165) is 28.5 Å². The molecule has 2 heterocycles. The molecule has 0 bridgehead atoms. The normalized spacial score (nSPS) is 10.3. The van der Waals surface area contributed by atoms with Crippen LogP contribution in [-0.2, 0) is 6.54 Å². The fourth-order valence-corrected chi connectivity index (χ4v) is 2.64. The highest BCUT2D eigenvalue weighted by Crippen LogP contribution is 2.25. The van der Waals surface area contributed by atoms with Gasteiger partial charge in [0.1, 0.15) is 16.3 Å². The number of hydrogen-bond acceptors (Lipinski definition) is 6. The van der Waals surface area contributed by atoms with Crippen LogP contribution in [0.4, 0.5) is 0 Å². The zero-order valence-corrected chi connectivity index (χ0v) is 13.2. The van der Waals surface area contributed by atoms with Crippen molar-refractivity contribution in [2.24, 2.45) is 0 Å². The average molecular weight is 326 g/mol. The summed E-state index contributed by atoms with van der Waals surface area (Å²) in [5, 5.41) is 6.91. The lowest BCUT2D eigenvalue weighted by atomic mass is 10.1. The van der Waals surface area contributed by atoms with Crippen molar-refractivity contribution in [1.29, 1.82) is 0 Å². The van der Waals surface area contributed by atoms with Gasteiger partial charge in [0.2, 0.25) is 0 Å². The summed E-state index contributed by atoms with van der Waals surface area (Å²) in [5.74, 6) is 0.537. The first-order valence-electron chi connectivity index (χ1n) is 6.93. The van der Waals surface area contributed by atoms with E-state index in [2.05, 4.69) is 19.9 Å². The van der Waals surface area contributed by atoms with Gasteiger partial charge in [-0.25, -0.2) is 0 Å². The molecule has 0 unspecified atom stereocenters. The van der Waals surface area contributed by atoms with Gasteiger partial charge in [0.25, 0.3) is 5.91 Å². The molecular weight excluding hydrogens is 312 g/mol. The number of rotatable bonds is 5. The lowest BCUT2D eigenvalue weighted by molar-refractivity contribution is 0.0955. The minimum absolute atomic E-state index is 0.212. The first kappa shape index (κ1) is 15.1. The second kappa shape index (κ2) is 6.97. The van der Waals surface area contributed by atoms with Crippen LogP contribution < -0.4 is 10.1 Å². The second-order valence-corrected chi connectivity index (χ2v) is 5.44. The summed E-state index contributed by atoms with van der Waals surface area (Å²) >= 11 is 1.07. The third-order valence-corrected chi connectivity index (χ3v) is 3.94. The number of carbonyl (C=O) groups is 1. The van der Waals surface area contributed by atoms with Crippen LogP contribution in [0.3, 0.4) is 0 Å². The minimum Gasteiger partial charge on any atom is -0.497 e. The van der Waals surface area contributed by atoms with E-state index in [1.807, 2.05) is 42.5 Å². The summed E-state index contributed by atoms with van der Waals surface area (Å²) in [6.45, 7) is 0.361. The second-order valence-electron chi connectivity index (χ2n) is 4.68. The van der Waals surface area contributed by atoms with Gasteiger partial charge in [-0.05, 0) is 47.9 Å². The molecule has 0 atom stereocenters. The van der Waals surface area contributed by atoms with E-state index in [1.165, 1.54) is 0 Å². The molecule has 0 fully saturated rings. The van der Waals surface area contributed by atoms with Crippen LogP contribution in [0.5, 0.6) is 5.75 Å². The summed E-state index contributed by atoms with van der Waals surface area (Å²) in [6, 6.07) is 12.9. The van der Waals surface area contributed by atoms with E-state index in [1.54, 1.807) is 13.3 Å². The van der Waals surface area contributed by atoms with Gasteiger partial charge >= 0.3 is 0 Å². The Morgan fingerprint density at radius 1 is 1.22 bits per heavy atom. The number of nitrogens with zero attached hydrogens (tertiary/aromatic N) is 3. The van der Waals surface area contributed by atoms with Crippen LogP contribution in [0.2, 0.25) is 0 Å². The molecule has 0 saturated carbocycles. The number of nitrogens with one attached hydrogen (secondary N) is 1. The third kappa shape index (κ3) is 3.51. The van der Waals surface area contributed by atoms with Gasteiger partial charge < -0.3 is 10.1 Å². The number of benzene rings is 1. The van der Waals surface area contributed by atoms with Gasteiger partial charge in [0, 0.05) is 11.8 Å². The number of pyridine rings is 1. The first-order chi connectivity index (χ1) is 11.3. The van der Waals surface area contributed by atoms with E-state index < -0.39 is 0 Å². The molecule has 0 spiro atoms. The Kier molecular flexibility index (Phi) is 4.58. The highest BCUT2D eigenvalue weighted by atomic mass is 32.1. The number of hydrogen-bond donors (Lipinski definition) is 1. The van der Waals surface area contributed by atoms with Crippen molar-refractivity contribution < 1.29 is 9.53 Å². The molecule has 1 N–H and O–H groups in total. The fourth-order valence-electron chi connectivity index (χ4n) is 2.03. The molecule has 1 aromatic carbocycles. The van der Waals surface area contributed by atoms with Crippen molar-refractivity contribution in [2.45, 2.75) is 6.54 Å². The lowest BCUT2D eigenvalue weighted by Gasteiger charge is -2.05. The molecule has 7 heteroatoms. The summed E-state index contributed by atoms with van der Waals surface area (Å²) in [4.78, 5) is 17.0. The minimum atomic E-state index is -0.212. The van der Waals surface area contributed by atoms with Crippen molar-refractivity contribution in [1.82, 2.24) is 19.9 Å². The fraction of sp³-hybridized carbons (Fsp3) is 0.125. The molecule has 0 radical (unpaired) electrons. The first-order valence-corrected chi connectivity index (χ1v) is 7.70. The number of ether oxygens (including phenoxy) is 1. The van der Waals surface area contributed by atoms with Crippen molar-refractivity contribution in [3.8, 4) is 17.0 Å². The van der Waals surface area contributed by atoms with Crippen LogP contribution in [0, 0.1) is 0 Å². The summed E-state index contributed by atoms with van der Waals surface area (Å²) in [7, 11) is 1.61. The van der Waals surface area contributed by atoms with Crippen molar-refractivity contribution in [3.05, 3.63) is 59.2 Å². The van der Waals surface area contributed by atoms with Crippen molar-refractivity contribution in [3.63, 3.8) is 0 Å². The van der Waals surface area contributed by atoms with Crippen LogP contribution in [0.15, 0.2) is 48.7 Å². The molecule has 0 saturated heterocycles. The predicted molar refractivity (Wildman–Crippen MR) is 87.3 cm³/mol. The Labute approximate surface area is 137 Å². The van der Waals surface area contributed by atoms with Crippen LogP contribution >= 0.6 is 11.5 Å². The molecule has 6 nitrogen and oxygen atoms in total. The van der Waals surface area contributed by atoms with E-state index in [4.69, 9.17) is 4.74 Å². The van der Waals surface area contributed by atoms with Gasteiger partial charge in [0.15, 0.2) is 0 Å². The van der Waals surface area contributed by atoms with Gasteiger partial charge in [-0.1, -0.05) is 10.6 Å². The molecule has 23 heavy (non-hydrogen) atoms. The average Bonchev–Trinajstić information content (AvgIpc) is 3.10. The molecule has 116 valence electrons. The topological polar surface area (TPSA) is 77.0 Å². The Hall–Kier alpha value is -2.80. The molecule has 0 aliphatic heterocycles. The van der Waals surface area contributed by atoms with E-state index in [0.29, 0.717) is 17.1 Å². The van der Waals surface area contributed by atoms with E-state index in [9.17, 15) is 4.79 Å². The molecule has 3 rings (SSSR count). The quantitative estimate of drug-likeness (QED) is 0.779. The van der Waals surface area contributed by atoms with Crippen molar-refractivity contribution in [2.75, 3.05) is 7.11 Å². The summed E-state index contributed by atoms with van der Waals surface area (Å²) in [6.07, 6.45) is 1.69. The van der Waals surface area contributed by atoms with E-state index in [-0.39, 0.29) is 5.91 Å². The number of amides is 1. The Morgan fingerprint density at radius 2 is 2.04 bits per heavy atom. The maximum atomic E-state index is 12.4. The maximum absolute atomic E-state index is 12.4. The third-order valence-electron chi connectivity index (χ3n) is 3.21. The molecule has 1 amide bonds. The highest BCUT2D eigenvalue weighted by molar-refractivity contribution is 7.08. The Morgan fingerprint density at radius 3 is 2.74 bits per heavy atom. The number of carbonyl (C=O) groups excluding carboxylic acids is 1. The van der Waals surface area contributed by atoms with Crippen LogP contribution in [0.1, 0.15) is 15.4 Å². The highest BCUT2D eigenvalue weighted by Gasteiger charge is 2.17. The SMILES string of the molecule is COc1ccc(-c2nnsc2C(=O)NCc2ccccn2)cc1. The monoisotopic (exact) mass is 326 g/mol. The lowest BCUT2D eigenvalue weighted by Crippen LogP contribution is -2.22. The van der Waals surface area contributed by atoms with Gasteiger partial charge in [-0.15, -0.1) is 5.10 Å². The number of aromatic nitrogens is 3. The maximum Gasteiger partial charge on any atom is 0.265 e. The molecular formula is C16H14N4O2S. The smallest absolute Gasteiger partial charge is 0.265 e. The number of methoxy groups -OCH3 is 1. The van der Waals surface area contributed by atoms with E-state index >= 15 is 0 Å². The van der Waals surface area contributed by atoms with Gasteiger partial charge in [-0.2, -0.15) is 0 Å². The zero-order chi connectivity index (χ0) is 16.1. The largest absolute Gasteiger partial charge is 0.497 e. The molecule has 0 aliphatic carbocycles. The standard InChI is InChI=1S/C16H14N4O2S/c1-22-13-7-5-11(6-8-13)14-15(23-20-19-14)16(21)18-10-12-4-2-3-9-17-12/h2-9H,10H2,1H3,(H,18,21). The molecule has 3 aromatic rings. The van der Waals surface area contributed by atoms with Crippen LogP contribution in [-0.4, -0.2) is 27.6 Å². The van der Waals surface area contributed by atoms with Crippen LogP contribution in [0.25, 0.3) is 11.3 Å². The summed E-state index contributed by atoms with van der Waals surface area (Å²) < 4.78 is 9.03. The summed E-state index contributed by atoms with van der Waals surface area (Å²) in [5.41, 5.74) is 2.18.